The molecule has 1 aromatic rings. The quantitative estimate of drug-likeness (QED) is 0.724. The van der Waals surface area contributed by atoms with Gasteiger partial charge in [0.2, 0.25) is 0 Å². The predicted molar refractivity (Wildman–Crippen MR) is 68.5 cm³/mol. The Bertz CT molecular complexity index is 508. The monoisotopic (exact) mass is 289 g/mol. The number of rotatable bonds is 5. The zero-order valence-electron chi connectivity index (χ0n) is 10.1. The standard InChI is InChI=1S/C12H13F2NO3S/c1-6-4-7(9(14)5-8(6)13)11(16)15-10(2-3-19)12(17)18/h4-5,10,19H,2-3H2,1H3,(H,15,16)(H,17,18). The van der Waals surface area contributed by atoms with Crippen molar-refractivity contribution in [2.45, 2.75) is 19.4 Å². The number of carbonyl (C=O) groups excluding carboxylic acids is 1. The number of aryl methyl sites for hydroxylation is 1. The van der Waals surface area contributed by atoms with Crippen LogP contribution in [-0.4, -0.2) is 28.8 Å². The van der Waals surface area contributed by atoms with Crippen LogP contribution in [0, 0.1) is 18.6 Å². The Labute approximate surface area is 114 Å². The van der Waals surface area contributed by atoms with Crippen molar-refractivity contribution < 1.29 is 23.5 Å². The molecule has 0 bridgehead atoms. The largest absolute Gasteiger partial charge is 0.480 e. The van der Waals surface area contributed by atoms with Crippen molar-refractivity contribution in [2.24, 2.45) is 0 Å². The maximum atomic E-state index is 13.5. The Balaban J connectivity index is 2.94. The van der Waals surface area contributed by atoms with E-state index in [1.165, 1.54) is 6.92 Å². The first-order valence-corrected chi connectivity index (χ1v) is 6.10. The van der Waals surface area contributed by atoms with E-state index in [-0.39, 0.29) is 23.3 Å². The third-order valence-corrected chi connectivity index (χ3v) is 2.77. The molecule has 0 saturated carbocycles. The van der Waals surface area contributed by atoms with E-state index in [0.717, 1.165) is 6.07 Å². The molecule has 1 unspecified atom stereocenters. The molecule has 0 aliphatic carbocycles. The van der Waals surface area contributed by atoms with Crippen molar-refractivity contribution in [3.05, 3.63) is 34.9 Å². The van der Waals surface area contributed by atoms with E-state index in [1.54, 1.807) is 0 Å². The van der Waals surface area contributed by atoms with Gasteiger partial charge >= 0.3 is 5.97 Å². The predicted octanol–water partition coefficient (Wildman–Crippen LogP) is 1.78. The summed E-state index contributed by atoms with van der Waals surface area (Å²) in [5.74, 6) is -3.67. The molecule has 2 N–H and O–H groups in total. The molecule has 1 atom stereocenters. The van der Waals surface area contributed by atoms with Gasteiger partial charge in [-0.15, -0.1) is 0 Å². The van der Waals surface area contributed by atoms with Gasteiger partial charge in [0.15, 0.2) is 0 Å². The normalized spacial score (nSPS) is 12.0. The molecule has 4 nitrogen and oxygen atoms in total. The van der Waals surface area contributed by atoms with Crippen molar-refractivity contribution in [1.82, 2.24) is 5.32 Å². The topological polar surface area (TPSA) is 66.4 Å². The van der Waals surface area contributed by atoms with Crippen molar-refractivity contribution >= 4 is 24.5 Å². The number of aliphatic carboxylic acids is 1. The molecule has 0 heterocycles. The van der Waals surface area contributed by atoms with Gasteiger partial charge in [0.05, 0.1) is 5.56 Å². The second kappa shape index (κ2) is 6.51. The lowest BCUT2D eigenvalue weighted by molar-refractivity contribution is -0.139. The summed E-state index contributed by atoms with van der Waals surface area (Å²) in [6.45, 7) is 1.38. The molecule has 0 saturated heterocycles. The molecule has 0 radical (unpaired) electrons. The Morgan fingerprint density at radius 1 is 1.37 bits per heavy atom. The number of carboxylic acids is 1. The number of amides is 1. The van der Waals surface area contributed by atoms with Gasteiger partial charge < -0.3 is 10.4 Å². The van der Waals surface area contributed by atoms with Crippen LogP contribution in [0.2, 0.25) is 0 Å². The van der Waals surface area contributed by atoms with Gasteiger partial charge in [-0.3, -0.25) is 4.79 Å². The van der Waals surface area contributed by atoms with Crippen LogP contribution in [-0.2, 0) is 4.79 Å². The van der Waals surface area contributed by atoms with Crippen molar-refractivity contribution in [3.8, 4) is 0 Å². The average molecular weight is 289 g/mol. The second-order valence-corrected chi connectivity index (χ2v) is 4.41. The van der Waals surface area contributed by atoms with Gasteiger partial charge in [0.1, 0.15) is 17.7 Å². The van der Waals surface area contributed by atoms with Crippen LogP contribution in [0.3, 0.4) is 0 Å². The van der Waals surface area contributed by atoms with Gasteiger partial charge in [-0.2, -0.15) is 12.6 Å². The molecule has 1 aromatic carbocycles. The minimum Gasteiger partial charge on any atom is -0.480 e. The molecule has 0 aliphatic rings. The van der Waals surface area contributed by atoms with Crippen molar-refractivity contribution in [2.75, 3.05) is 5.75 Å². The van der Waals surface area contributed by atoms with Crippen LogP contribution in [0.5, 0.6) is 0 Å². The first-order valence-electron chi connectivity index (χ1n) is 5.47. The van der Waals surface area contributed by atoms with E-state index < -0.39 is 29.6 Å². The fourth-order valence-corrected chi connectivity index (χ4v) is 1.71. The average Bonchev–Trinajstić information content (AvgIpc) is 2.32. The maximum absolute atomic E-state index is 13.5. The minimum atomic E-state index is -1.23. The van der Waals surface area contributed by atoms with E-state index in [2.05, 4.69) is 17.9 Å². The van der Waals surface area contributed by atoms with Crippen LogP contribution in [0.4, 0.5) is 8.78 Å². The van der Waals surface area contributed by atoms with Crippen LogP contribution < -0.4 is 5.32 Å². The van der Waals surface area contributed by atoms with Crippen molar-refractivity contribution in [3.63, 3.8) is 0 Å². The number of nitrogens with one attached hydrogen (secondary N) is 1. The molecule has 1 rings (SSSR count). The number of halogens is 2. The summed E-state index contributed by atoms with van der Waals surface area (Å²) in [7, 11) is 0. The first-order chi connectivity index (χ1) is 8.86. The number of thiol groups is 1. The van der Waals surface area contributed by atoms with Crippen LogP contribution >= 0.6 is 12.6 Å². The molecule has 0 spiro atoms. The van der Waals surface area contributed by atoms with E-state index in [4.69, 9.17) is 5.11 Å². The number of benzene rings is 1. The molecular formula is C12H13F2NO3S. The SMILES string of the molecule is Cc1cc(C(=O)NC(CCS)C(=O)O)c(F)cc1F. The fourth-order valence-electron chi connectivity index (χ4n) is 1.45. The molecular weight excluding hydrogens is 276 g/mol. The van der Waals surface area contributed by atoms with Gasteiger partial charge in [-0.1, -0.05) is 0 Å². The van der Waals surface area contributed by atoms with Crippen molar-refractivity contribution in [1.29, 1.82) is 0 Å². The number of carbonyl (C=O) groups is 2. The third-order valence-electron chi connectivity index (χ3n) is 2.51. The zero-order chi connectivity index (χ0) is 14.6. The third kappa shape index (κ3) is 3.92. The van der Waals surface area contributed by atoms with Crippen LogP contribution in [0.15, 0.2) is 12.1 Å². The number of hydrogen-bond donors (Lipinski definition) is 3. The molecule has 0 fully saturated rings. The molecule has 19 heavy (non-hydrogen) atoms. The Kier molecular flexibility index (Phi) is 5.29. The lowest BCUT2D eigenvalue weighted by Gasteiger charge is -2.14. The van der Waals surface area contributed by atoms with Gasteiger partial charge in [0.25, 0.3) is 5.91 Å². The highest BCUT2D eigenvalue weighted by Crippen LogP contribution is 2.14. The second-order valence-electron chi connectivity index (χ2n) is 3.96. The minimum absolute atomic E-state index is 0.103. The summed E-state index contributed by atoms with van der Waals surface area (Å²) in [5, 5.41) is 11.0. The van der Waals surface area contributed by atoms with E-state index in [0.29, 0.717) is 6.07 Å². The van der Waals surface area contributed by atoms with Crippen LogP contribution in [0.25, 0.3) is 0 Å². The number of hydrogen-bond acceptors (Lipinski definition) is 3. The number of carboxylic acid groups (broad SMARTS) is 1. The fraction of sp³-hybridized carbons (Fsp3) is 0.333. The molecule has 0 aliphatic heterocycles. The Hall–Kier alpha value is -1.63. The highest BCUT2D eigenvalue weighted by molar-refractivity contribution is 7.80. The van der Waals surface area contributed by atoms with Gasteiger partial charge in [-0.05, 0) is 30.7 Å². The summed E-state index contributed by atoms with van der Waals surface area (Å²) in [6, 6.07) is 0.480. The Morgan fingerprint density at radius 3 is 2.53 bits per heavy atom. The molecule has 1 amide bonds. The summed E-state index contributed by atoms with van der Waals surface area (Å²) in [6.07, 6.45) is 0.103. The van der Waals surface area contributed by atoms with E-state index in [1.807, 2.05) is 0 Å². The molecule has 7 heteroatoms. The highest BCUT2D eigenvalue weighted by atomic mass is 32.1. The molecule has 0 aromatic heterocycles. The summed E-state index contributed by atoms with van der Waals surface area (Å²) in [4.78, 5) is 22.6. The summed E-state index contributed by atoms with van der Waals surface area (Å²) >= 11 is 3.88. The maximum Gasteiger partial charge on any atom is 0.326 e. The lowest BCUT2D eigenvalue weighted by Crippen LogP contribution is -2.41. The summed E-state index contributed by atoms with van der Waals surface area (Å²) in [5.41, 5.74) is -0.281. The lowest BCUT2D eigenvalue weighted by atomic mass is 10.1. The highest BCUT2D eigenvalue weighted by Gasteiger charge is 2.22. The van der Waals surface area contributed by atoms with Gasteiger partial charge in [0, 0.05) is 6.07 Å². The molecule has 104 valence electrons. The van der Waals surface area contributed by atoms with Crippen LogP contribution in [0.1, 0.15) is 22.3 Å². The summed E-state index contributed by atoms with van der Waals surface area (Å²) < 4.78 is 26.5. The van der Waals surface area contributed by atoms with Gasteiger partial charge in [-0.25, -0.2) is 13.6 Å². The smallest absolute Gasteiger partial charge is 0.326 e. The zero-order valence-corrected chi connectivity index (χ0v) is 11.0. The van der Waals surface area contributed by atoms with E-state index in [9.17, 15) is 18.4 Å². The first kappa shape index (κ1) is 15.4. The van der Waals surface area contributed by atoms with E-state index >= 15 is 0 Å². The Morgan fingerprint density at radius 2 is 2.00 bits per heavy atom.